The topological polar surface area (TPSA) is 71.1 Å². The van der Waals surface area contributed by atoms with E-state index in [1.165, 1.54) is 0 Å². The Morgan fingerprint density at radius 2 is 0.923 bits per heavy atom. The summed E-state index contributed by atoms with van der Waals surface area (Å²) in [5.41, 5.74) is 0. The van der Waals surface area contributed by atoms with E-state index in [1.54, 1.807) is 0 Å². The summed E-state index contributed by atoms with van der Waals surface area (Å²) in [5, 5.41) is 0. The summed E-state index contributed by atoms with van der Waals surface area (Å²) in [6, 6.07) is 1.34. The molecule has 2 saturated carbocycles. The highest BCUT2D eigenvalue weighted by molar-refractivity contribution is 5.70. The average molecular weight is 759 g/mol. The molecule has 6 nitrogen and oxygen atoms in total. The Morgan fingerprint density at radius 1 is 0.596 bits per heavy atom. The number of alkyl halides is 4. The maximum absolute atomic E-state index is 14.7. The van der Waals surface area contributed by atoms with Gasteiger partial charge >= 0.3 is 24.2 Å². The molecule has 16 heteroatoms. The van der Waals surface area contributed by atoms with Crippen molar-refractivity contribution in [3.05, 3.63) is 59.2 Å². The highest BCUT2D eigenvalue weighted by Crippen LogP contribution is 2.41. The van der Waals surface area contributed by atoms with E-state index in [4.69, 9.17) is 9.47 Å². The van der Waals surface area contributed by atoms with Crippen molar-refractivity contribution in [2.45, 2.75) is 121 Å². The summed E-state index contributed by atoms with van der Waals surface area (Å²) < 4.78 is 159. The van der Waals surface area contributed by atoms with E-state index < -0.39 is 94.6 Å². The highest BCUT2D eigenvalue weighted by atomic mass is 19.3. The molecule has 0 bridgehead atoms. The summed E-state index contributed by atoms with van der Waals surface area (Å²) in [5.74, 6) is -15.7. The molecule has 0 radical (unpaired) electrons. The standard InChI is InChI=1S/C36H40F10O6/c1-2-3-20(4-14-31(47)49-23-10-6-21(7-11-23)35(43,44)51-25-16-27(37)33(41)28(38)17-25)5-15-32(48)50-24-12-8-22(9-13-24)36(45,46)52-26-18-29(39)34(42)30(40)19-26/h16-24H,2-15H2,1H3. The van der Waals surface area contributed by atoms with Crippen molar-refractivity contribution < 1.29 is 72.4 Å². The van der Waals surface area contributed by atoms with E-state index in [-0.39, 0.29) is 70.1 Å². The molecule has 0 atom stereocenters. The minimum atomic E-state index is -3.80. The zero-order valence-electron chi connectivity index (χ0n) is 28.3. The van der Waals surface area contributed by atoms with Crippen molar-refractivity contribution in [1.29, 1.82) is 0 Å². The number of hydrogen-bond acceptors (Lipinski definition) is 6. The molecule has 2 aromatic rings. The average Bonchev–Trinajstić information content (AvgIpc) is 3.07. The SMILES string of the molecule is CCCC(CCC(=O)OC1CCC(C(F)(F)Oc2cc(F)c(F)c(F)c2)CC1)CCC(=O)OC1CCC(C(F)(F)Oc2cc(F)c(F)c(F)c2)CC1. The monoisotopic (exact) mass is 758 g/mol. The van der Waals surface area contributed by atoms with Gasteiger partial charge in [0.25, 0.3) is 0 Å². The van der Waals surface area contributed by atoms with Gasteiger partial charge in [-0.15, -0.1) is 0 Å². The number of esters is 2. The first-order chi connectivity index (χ1) is 24.5. The highest BCUT2D eigenvalue weighted by Gasteiger charge is 2.46. The van der Waals surface area contributed by atoms with Crippen molar-refractivity contribution in [1.82, 2.24) is 0 Å². The van der Waals surface area contributed by atoms with Crippen LogP contribution in [0.15, 0.2) is 24.3 Å². The van der Waals surface area contributed by atoms with Crippen LogP contribution in [0.4, 0.5) is 43.9 Å². The fourth-order valence-corrected chi connectivity index (χ4v) is 6.67. The second kappa shape index (κ2) is 17.9. The first-order valence-electron chi connectivity index (χ1n) is 17.3. The van der Waals surface area contributed by atoms with Gasteiger partial charge in [-0.2, -0.15) is 17.6 Å². The number of hydrogen-bond donors (Lipinski definition) is 0. The summed E-state index contributed by atoms with van der Waals surface area (Å²) in [7, 11) is 0. The fourth-order valence-electron chi connectivity index (χ4n) is 6.67. The van der Waals surface area contributed by atoms with Crippen molar-refractivity contribution >= 4 is 11.9 Å². The molecular formula is C36H40F10O6. The Kier molecular flexibility index (Phi) is 14.1. The zero-order chi connectivity index (χ0) is 38.2. The number of carbonyl (C=O) groups excluding carboxylic acids is 2. The second-order valence-corrected chi connectivity index (χ2v) is 13.4. The molecule has 2 aromatic carbocycles. The smallest absolute Gasteiger partial charge is 0.400 e. The summed E-state index contributed by atoms with van der Waals surface area (Å²) in [6.07, 6.45) is -6.53. The van der Waals surface area contributed by atoms with Gasteiger partial charge in [0.1, 0.15) is 23.7 Å². The van der Waals surface area contributed by atoms with Gasteiger partial charge in [0.05, 0.1) is 11.8 Å². The van der Waals surface area contributed by atoms with Crippen LogP contribution in [0.2, 0.25) is 0 Å². The lowest BCUT2D eigenvalue weighted by Gasteiger charge is -2.33. The molecule has 0 amide bonds. The first kappa shape index (κ1) is 41.0. The summed E-state index contributed by atoms with van der Waals surface area (Å²) in [4.78, 5) is 25.2. The Morgan fingerprint density at radius 3 is 1.23 bits per heavy atom. The Bertz CT molecular complexity index is 1370. The first-order valence-corrected chi connectivity index (χ1v) is 17.3. The fraction of sp³-hybridized carbons (Fsp3) is 0.611. The molecule has 2 aliphatic rings. The van der Waals surface area contributed by atoms with E-state index in [0.717, 1.165) is 6.42 Å². The molecular weight excluding hydrogens is 718 g/mol. The second-order valence-electron chi connectivity index (χ2n) is 13.4. The van der Waals surface area contributed by atoms with E-state index >= 15 is 0 Å². The van der Waals surface area contributed by atoms with Gasteiger partial charge < -0.3 is 18.9 Å². The molecule has 0 spiro atoms. The number of rotatable bonds is 16. The van der Waals surface area contributed by atoms with E-state index in [2.05, 4.69) is 9.47 Å². The molecule has 0 N–H and O–H groups in total. The van der Waals surface area contributed by atoms with Crippen molar-refractivity contribution in [2.75, 3.05) is 0 Å². The van der Waals surface area contributed by atoms with E-state index in [0.29, 0.717) is 43.5 Å². The lowest BCUT2D eigenvalue weighted by Crippen LogP contribution is -2.39. The molecule has 0 aliphatic heterocycles. The predicted molar refractivity (Wildman–Crippen MR) is 164 cm³/mol. The van der Waals surface area contributed by atoms with E-state index in [9.17, 15) is 53.5 Å². The van der Waals surface area contributed by atoms with Crippen LogP contribution in [0.5, 0.6) is 11.5 Å². The van der Waals surface area contributed by atoms with Gasteiger partial charge in [-0.05, 0) is 70.1 Å². The number of carbonyl (C=O) groups is 2. The quantitative estimate of drug-likeness (QED) is 0.0965. The van der Waals surface area contributed by atoms with Crippen LogP contribution in [0.25, 0.3) is 0 Å². The molecule has 0 aromatic heterocycles. The van der Waals surface area contributed by atoms with Crippen LogP contribution in [0.1, 0.15) is 96.8 Å². The summed E-state index contributed by atoms with van der Waals surface area (Å²) in [6.45, 7) is 1.94. The minimum absolute atomic E-state index is 0.0259. The molecule has 0 heterocycles. The van der Waals surface area contributed by atoms with E-state index in [1.807, 2.05) is 6.92 Å². The minimum Gasteiger partial charge on any atom is -0.462 e. The van der Waals surface area contributed by atoms with Crippen molar-refractivity contribution in [3.63, 3.8) is 0 Å². The van der Waals surface area contributed by atoms with Gasteiger partial charge in [0.15, 0.2) is 34.9 Å². The summed E-state index contributed by atoms with van der Waals surface area (Å²) >= 11 is 0. The number of benzene rings is 2. The normalized spacial score (nSPS) is 21.7. The van der Waals surface area contributed by atoms with Crippen molar-refractivity contribution in [3.8, 4) is 11.5 Å². The number of ether oxygens (including phenoxy) is 4. The Balaban J connectivity index is 1.14. The lowest BCUT2D eigenvalue weighted by atomic mass is 9.86. The number of halogens is 10. The Hall–Kier alpha value is -3.72. The van der Waals surface area contributed by atoms with Crippen molar-refractivity contribution in [2.24, 2.45) is 17.8 Å². The van der Waals surface area contributed by atoms with Crippen LogP contribution in [-0.2, 0) is 19.1 Å². The third-order valence-electron chi connectivity index (χ3n) is 9.53. The lowest BCUT2D eigenvalue weighted by molar-refractivity contribution is -0.226. The predicted octanol–water partition coefficient (Wildman–Crippen LogP) is 10.3. The molecule has 4 rings (SSSR count). The van der Waals surface area contributed by atoms with Crippen LogP contribution in [0.3, 0.4) is 0 Å². The van der Waals surface area contributed by atoms with Gasteiger partial charge in [0, 0.05) is 37.1 Å². The molecule has 2 aliphatic carbocycles. The largest absolute Gasteiger partial charge is 0.462 e. The zero-order valence-corrected chi connectivity index (χ0v) is 28.3. The van der Waals surface area contributed by atoms with Crippen LogP contribution < -0.4 is 9.47 Å². The maximum Gasteiger partial charge on any atom is 0.400 e. The molecule has 52 heavy (non-hydrogen) atoms. The third-order valence-corrected chi connectivity index (χ3v) is 9.53. The van der Waals surface area contributed by atoms with Gasteiger partial charge in [-0.3, -0.25) is 9.59 Å². The molecule has 2 fully saturated rings. The molecule has 0 unspecified atom stereocenters. The Labute approximate surface area is 294 Å². The van der Waals surface area contributed by atoms with Gasteiger partial charge in [-0.25, -0.2) is 26.3 Å². The van der Waals surface area contributed by atoms with Crippen LogP contribution >= 0.6 is 0 Å². The third kappa shape index (κ3) is 11.4. The van der Waals surface area contributed by atoms with Crippen LogP contribution in [-0.4, -0.2) is 36.4 Å². The maximum atomic E-state index is 14.7. The van der Waals surface area contributed by atoms with Gasteiger partial charge in [-0.1, -0.05) is 19.8 Å². The molecule has 290 valence electrons. The molecule has 0 saturated heterocycles. The van der Waals surface area contributed by atoms with Gasteiger partial charge in [0.2, 0.25) is 0 Å². The van der Waals surface area contributed by atoms with Crippen LogP contribution in [0, 0.1) is 52.7 Å².